The molecular formula is C17H30N4OS2. The Labute approximate surface area is 154 Å². The number of thiophene rings is 1. The average Bonchev–Trinajstić information content (AvgIpc) is 3.09. The van der Waals surface area contributed by atoms with Gasteiger partial charge in [0.05, 0.1) is 25.3 Å². The maximum absolute atomic E-state index is 5.70. The highest BCUT2D eigenvalue weighted by Gasteiger charge is 2.26. The topological polar surface area (TPSA) is 48.9 Å². The Morgan fingerprint density at radius 1 is 1.54 bits per heavy atom. The summed E-state index contributed by atoms with van der Waals surface area (Å²) in [7, 11) is 0. The van der Waals surface area contributed by atoms with Crippen molar-refractivity contribution in [2.24, 2.45) is 4.99 Å². The largest absolute Gasteiger partial charge is 0.376 e. The molecule has 0 spiro atoms. The third-order valence-corrected chi connectivity index (χ3v) is 5.54. The van der Waals surface area contributed by atoms with Crippen LogP contribution in [-0.4, -0.2) is 68.3 Å². The number of thioether (sulfide) groups is 1. The fraction of sp³-hybridized carbons (Fsp3) is 0.706. The van der Waals surface area contributed by atoms with Gasteiger partial charge in [0.15, 0.2) is 5.96 Å². The maximum Gasteiger partial charge on any atom is 0.191 e. The van der Waals surface area contributed by atoms with Crippen LogP contribution in [0.2, 0.25) is 0 Å². The molecule has 0 saturated carbocycles. The fourth-order valence-corrected chi connectivity index (χ4v) is 3.94. The molecule has 0 aliphatic carbocycles. The molecule has 1 aromatic rings. The summed E-state index contributed by atoms with van der Waals surface area (Å²) in [4.78, 5) is 8.74. The monoisotopic (exact) mass is 370 g/mol. The SMILES string of the molecule is CCNC(=NCC(c1cccs1)N1CCOC(C)C1)NCCSC. The van der Waals surface area contributed by atoms with Gasteiger partial charge in [-0.3, -0.25) is 9.89 Å². The first-order chi connectivity index (χ1) is 11.7. The number of ether oxygens (including phenoxy) is 1. The molecule has 2 rings (SSSR count). The van der Waals surface area contributed by atoms with Crippen molar-refractivity contribution >= 4 is 29.1 Å². The standard InChI is InChI=1S/C17H30N4OS2/c1-4-18-17(19-7-11-23-3)20-12-15(16-6-5-10-24-16)21-8-9-22-14(2)13-21/h5-6,10,14-15H,4,7-9,11-13H2,1-3H3,(H2,18,19,20). The summed E-state index contributed by atoms with van der Waals surface area (Å²) in [6.45, 7) is 9.57. The van der Waals surface area contributed by atoms with Crippen LogP contribution < -0.4 is 10.6 Å². The zero-order chi connectivity index (χ0) is 17.2. The van der Waals surface area contributed by atoms with Crippen LogP contribution in [0.25, 0.3) is 0 Å². The lowest BCUT2D eigenvalue weighted by Gasteiger charge is -2.36. The molecule has 2 heterocycles. The van der Waals surface area contributed by atoms with Gasteiger partial charge in [-0.05, 0) is 31.5 Å². The van der Waals surface area contributed by atoms with Gasteiger partial charge < -0.3 is 15.4 Å². The summed E-state index contributed by atoms with van der Waals surface area (Å²) >= 11 is 3.66. The summed E-state index contributed by atoms with van der Waals surface area (Å²) in [6, 6.07) is 4.68. The summed E-state index contributed by atoms with van der Waals surface area (Å²) in [6.07, 6.45) is 2.41. The molecular weight excluding hydrogens is 340 g/mol. The van der Waals surface area contributed by atoms with Crippen LogP contribution in [0.15, 0.2) is 22.5 Å². The van der Waals surface area contributed by atoms with E-state index in [1.165, 1.54) is 4.88 Å². The Morgan fingerprint density at radius 2 is 2.42 bits per heavy atom. The Kier molecular flexibility index (Phi) is 8.94. The number of nitrogens with one attached hydrogen (secondary N) is 2. The van der Waals surface area contributed by atoms with Crippen molar-refractivity contribution in [1.82, 2.24) is 15.5 Å². The minimum atomic E-state index is 0.290. The summed E-state index contributed by atoms with van der Waals surface area (Å²) in [5.74, 6) is 1.99. The van der Waals surface area contributed by atoms with E-state index in [0.717, 1.165) is 51.0 Å². The second-order valence-corrected chi connectivity index (χ2v) is 7.81. The van der Waals surface area contributed by atoms with Gasteiger partial charge >= 0.3 is 0 Å². The first-order valence-electron chi connectivity index (χ1n) is 8.64. The molecule has 24 heavy (non-hydrogen) atoms. The van der Waals surface area contributed by atoms with Gasteiger partial charge in [0.25, 0.3) is 0 Å². The van der Waals surface area contributed by atoms with Crippen molar-refractivity contribution in [1.29, 1.82) is 0 Å². The molecule has 1 aliphatic heterocycles. The van der Waals surface area contributed by atoms with E-state index in [2.05, 4.69) is 53.1 Å². The molecule has 1 fully saturated rings. The first kappa shape index (κ1) is 19.6. The third kappa shape index (κ3) is 6.27. The lowest BCUT2D eigenvalue weighted by atomic mass is 10.1. The molecule has 2 N–H and O–H groups in total. The first-order valence-corrected chi connectivity index (χ1v) is 10.9. The van der Waals surface area contributed by atoms with Crippen LogP contribution in [0.3, 0.4) is 0 Å². The third-order valence-electron chi connectivity index (χ3n) is 3.95. The van der Waals surface area contributed by atoms with Crippen molar-refractivity contribution in [3.05, 3.63) is 22.4 Å². The summed E-state index contributed by atoms with van der Waals surface area (Å²) in [5, 5.41) is 8.91. The lowest BCUT2D eigenvalue weighted by molar-refractivity contribution is -0.0327. The van der Waals surface area contributed by atoms with Crippen LogP contribution in [0.1, 0.15) is 24.8 Å². The quantitative estimate of drug-likeness (QED) is 0.418. The number of aliphatic imine (C=N–C) groups is 1. The minimum Gasteiger partial charge on any atom is -0.376 e. The predicted octanol–water partition coefficient (Wildman–Crippen LogP) is 2.43. The van der Waals surface area contributed by atoms with Gasteiger partial charge in [0, 0.05) is 36.8 Å². The highest BCUT2D eigenvalue weighted by molar-refractivity contribution is 7.98. The molecule has 1 aliphatic rings. The van der Waals surface area contributed by atoms with E-state index < -0.39 is 0 Å². The number of nitrogens with zero attached hydrogens (tertiary/aromatic N) is 2. The fourth-order valence-electron chi connectivity index (χ4n) is 2.79. The number of morpholine rings is 1. The predicted molar refractivity (Wildman–Crippen MR) is 106 cm³/mol. The lowest BCUT2D eigenvalue weighted by Crippen LogP contribution is -2.44. The smallest absolute Gasteiger partial charge is 0.191 e. The van der Waals surface area contributed by atoms with Gasteiger partial charge in [-0.25, -0.2) is 0 Å². The number of hydrogen-bond acceptors (Lipinski definition) is 5. The molecule has 0 amide bonds. The van der Waals surface area contributed by atoms with Crippen molar-refractivity contribution in [3.63, 3.8) is 0 Å². The average molecular weight is 371 g/mol. The van der Waals surface area contributed by atoms with E-state index in [1.807, 2.05) is 23.1 Å². The molecule has 2 atom stereocenters. The van der Waals surface area contributed by atoms with E-state index in [4.69, 9.17) is 9.73 Å². The van der Waals surface area contributed by atoms with Crippen molar-refractivity contribution in [2.45, 2.75) is 26.0 Å². The molecule has 5 nitrogen and oxygen atoms in total. The Bertz CT molecular complexity index is 481. The van der Waals surface area contributed by atoms with Gasteiger partial charge in [-0.15, -0.1) is 11.3 Å². The van der Waals surface area contributed by atoms with E-state index in [0.29, 0.717) is 6.04 Å². The Hall–Kier alpha value is -0.760. The summed E-state index contributed by atoms with van der Waals surface area (Å²) in [5.41, 5.74) is 0. The second kappa shape index (κ2) is 11.0. The van der Waals surface area contributed by atoms with Gasteiger partial charge in [0.1, 0.15) is 0 Å². The van der Waals surface area contributed by atoms with Gasteiger partial charge in [0.2, 0.25) is 0 Å². The summed E-state index contributed by atoms with van der Waals surface area (Å²) < 4.78 is 5.70. The van der Waals surface area contributed by atoms with Gasteiger partial charge in [-0.2, -0.15) is 11.8 Å². The molecule has 1 saturated heterocycles. The number of hydrogen-bond donors (Lipinski definition) is 2. The minimum absolute atomic E-state index is 0.290. The van der Waals surface area contributed by atoms with Crippen molar-refractivity contribution in [2.75, 3.05) is 51.3 Å². The van der Waals surface area contributed by atoms with E-state index >= 15 is 0 Å². The number of rotatable bonds is 8. The van der Waals surface area contributed by atoms with Crippen LogP contribution in [0.4, 0.5) is 0 Å². The molecule has 1 aromatic heterocycles. The molecule has 0 radical (unpaired) electrons. The van der Waals surface area contributed by atoms with Crippen LogP contribution >= 0.6 is 23.1 Å². The molecule has 2 unspecified atom stereocenters. The molecule has 136 valence electrons. The van der Waals surface area contributed by atoms with Crippen LogP contribution in [0, 0.1) is 0 Å². The van der Waals surface area contributed by atoms with Crippen molar-refractivity contribution < 1.29 is 4.74 Å². The maximum atomic E-state index is 5.70. The molecule has 0 aromatic carbocycles. The van der Waals surface area contributed by atoms with Crippen molar-refractivity contribution in [3.8, 4) is 0 Å². The highest BCUT2D eigenvalue weighted by Crippen LogP contribution is 2.27. The highest BCUT2D eigenvalue weighted by atomic mass is 32.2. The van der Waals surface area contributed by atoms with E-state index in [-0.39, 0.29) is 6.10 Å². The van der Waals surface area contributed by atoms with Crippen LogP contribution in [-0.2, 0) is 4.74 Å². The van der Waals surface area contributed by atoms with E-state index in [9.17, 15) is 0 Å². The Morgan fingerprint density at radius 3 is 3.08 bits per heavy atom. The molecule has 7 heteroatoms. The Balaban J connectivity index is 2.04. The zero-order valence-electron chi connectivity index (χ0n) is 15.0. The number of guanidine groups is 1. The zero-order valence-corrected chi connectivity index (χ0v) is 16.6. The van der Waals surface area contributed by atoms with E-state index in [1.54, 1.807) is 0 Å². The molecule has 0 bridgehead atoms. The normalized spacial score (nSPS) is 20.8. The second-order valence-electron chi connectivity index (χ2n) is 5.85. The van der Waals surface area contributed by atoms with Crippen LogP contribution in [0.5, 0.6) is 0 Å². The van der Waals surface area contributed by atoms with Gasteiger partial charge in [-0.1, -0.05) is 6.07 Å².